The van der Waals surface area contributed by atoms with E-state index in [1.54, 1.807) is 11.3 Å². The molecule has 0 atom stereocenters. The lowest BCUT2D eigenvalue weighted by Gasteiger charge is -2.05. The first-order chi connectivity index (χ1) is 9.76. The van der Waals surface area contributed by atoms with Crippen molar-refractivity contribution in [2.45, 2.75) is 31.7 Å². The molecule has 104 valence electrons. The SMILES string of the molecule is O=C(NCc1cccc(CCl)c1)c1cc2c(s1)CCC2. The fourth-order valence-corrected chi connectivity index (χ4v) is 3.87. The van der Waals surface area contributed by atoms with Crippen molar-refractivity contribution >= 4 is 28.8 Å². The van der Waals surface area contributed by atoms with Crippen molar-refractivity contribution in [3.05, 3.63) is 56.8 Å². The normalized spacial score (nSPS) is 13.2. The molecule has 0 unspecified atom stereocenters. The lowest BCUT2D eigenvalue weighted by molar-refractivity contribution is 0.0955. The van der Waals surface area contributed by atoms with Crippen LogP contribution < -0.4 is 5.32 Å². The fraction of sp³-hybridized carbons (Fsp3) is 0.312. The molecule has 20 heavy (non-hydrogen) atoms. The third-order valence-electron chi connectivity index (χ3n) is 3.57. The molecule has 4 heteroatoms. The molecule has 2 aromatic rings. The first kappa shape index (κ1) is 13.7. The van der Waals surface area contributed by atoms with Crippen LogP contribution in [0.3, 0.4) is 0 Å². The van der Waals surface area contributed by atoms with Gasteiger partial charge in [-0.05, 0) is 42.0 Å². The Hall–Kier alpha value is -1.32. The van der Waals surface area contributed by atoms with Gasteiger partial charge in [0.05, 0.1) is 4.88 Å². The zero-order valence-corrected chi connectivity index (χ0v) is 12.7. The van der Waals surface area contributed by atoms with Gasteiger partial charge in [0.1, 0.15) is 0 Å². The lowest BCUT2D eigenvalue weighted by Crippen LogP contribution is -2.21. The molecular weight excluding hydrogens is 290 g/mol. The number of carbonyl (C=O) groups is 1. The number of alkyl halides is 1. The highest BCUT2D eigenvalue weighted by Gasteiger charge is 2.18. The highest BCUT2D eigenvalue weighted by Crippen LogP contribution is 2.30. The van der Waals surface area contributed by atoms with E-state index in [-0.39, 0.29) is 5.91 Å². The molecule has 1 amide bonds. The summed E-state index contributed by atoms with van der Waals surface area (Å²) in [4.78, 5) is 14.4. The van der Waals surface area contributed by atoms with Gasteiger partial charge in [-0.2, -0.15) is 0 Å². The standard InChI is InChI=1S/C16H16ClNOS/c17-9-11-3-1-4-12(7-11)10-18-16(19)15-8-13-5-2-6-14(13)20-15/h1,3-4,7-8H,2,5-6,9-10H2,(H,18,19). The second-order valence-electron chi connectivity index (χ2n) is 5.05. The number of hydrogen-bond donors (Lipinski definition) is 1. The van der Waals surface area contributed by atoms with Crippen LogP contribution in [0, 0.1) is 0 Å². The van der Waals surface area contributed by atoms with Crippen LogP contribution in [-0.4, -0.2) is 5.91 Å². The molecule has 1 N–H and O–H groups in total. The van der Waals surface area contributed by atoms with Crippen molar-refractivity contribution in [2.24, 2.45) is 0 Å². The molecule has 0 spiro atoms. The minimum atomic E-state index is 0.0284. The number of rotatable bonds is 4. The number of thiophene rings is 1. The number of carbonyl (C=O) groups excluding carboxylic acids is 1. The predicted octanol–water partition coefficient (Wildman–Crippen LogP) is 3.91. The Labute approximate surface area is 127 Å². The molecule has 2 nitrogen and oxygen atoms in total. The van der Waals surface area contributed by atoms with Crippen molar-refractivity contribution < 1.29 is 4.79 Å². The highest BCUT2D eigenvalue weighted by atomic mass is 35.5. The Morgan fingerprint density at radius 3 is 2.90 bits per heavy atom. The molecule has 0 bridgehead atoms. The number of hydrogen-bond acceptors (Lipinski definition) is 2. The first-order valence-corrected chi connectivity index (χ1v) is 8.15. The third kappa shape index (κ3) is 2.89. The maximum absolute atomic E-state index is 12.2. The van der Waals surface area contributed by atoms with Crippen molar-refractivity contribution in [3.63, 3.8) is 0 Å². The van der Waals surface area contributed by atoms with Gasteiger partial charge in [0.15, 0.2) is 0 Å². The van der Waals surface area contributed by atoms with Crippen LogP contribution >= 0.6 is 22.9 Å². The van der Waals surface area contributed by atoms with E-state index in [0.717, 1.165) is 28.8 Å². The summed E-state index contributed by atoms with van der Waals surface area (Å²) < 4.78 is 0. The van der Waals surface area contributed by atoms with Gasteiger partial charge in [-0.15, -0.1) is 22.9 Å². The fourth-order valence-electron chi connectivity index (χ4n) is 2.53. The van der Waals surface area contributed by atoms with Gasteiger partial charge in [-0.25, -0.2) is 0 Å². The summed E-state index contributed by atoms with van der Waals surface area (Å²) >= 11 is 7.45. The summed E-state index contributed by atoms with van der Waals surface area (Å²) in [5, 5.41) is 2.98. The average molecular weight is 306 g/mol. The van der Waals surface area contributed by atoms with Gasteiger partial charge in [-0.3, -0.25) is 4.79 Å². The Morgan fingerprint density at radius 1 is 1.25 bits per heavy atom. The van der Waals surface area contributed by atoms with Gasteiger partial charge in [0.2, 0.25) is 0 Å². The second kappa shape index (κ2) is 5.98. The van der Waals surface area contributed by atoms with Gasteiger partial charge in [-0.1, -0.05) is 24.3 Å². The highest BCUT2D eigenvalue weighted by molar-refractivity contribution is 7.14. The number of amides is 1. The summed E-state index contributed by atoms with van der Waals surface area (Å²) in [6.45, 7) is 0.548. The number of halogens is 1. The van der Waals surface area contributed by atoms with Crippen LogP contribution in [0.5, 0.6) is 0 Å². The van der Waals surface area contributed by atoms with E-state index in [2.05, 4.69) is 11.4 Å². The maximum Gasteiger partial charge on any atom is 0.261 e. The number of benzene rings is 1. The summed E-state index contributed by atoms with van der Waals surface area (Å²) in [5.74, 6) is 0.528. The van der Waals surface area contributed by atoms with Crippen LogP contribution in [0.2, 0.25) is 0 Å². The Bertz CT molecular complexity index is 614. The predicted molar refractivity (Wildman–Crippen MR) is 83.5 cm³/mol. The van der Waals surface area contributed by atoms with Gasteiger partial charge >= 0.3 is 0 Å². The number of aryl methyl sites for hydroxylation is 2. The number of nitrogens with one attached hydrogen (secondary N) is 1. The molecule has 0 radical (unpaired) electrons. The molecule has 1 aliphatic carbocycles. The maximum atomic E-state index is 12.2. The van der Waals surface area contributed by atoms with Crippen molar-refractivity contribution in [1.29, 1.82) is 0 Å². The van der Waals surface area contributed by atoms with Gasteiger partial charge in [0.25, 0.3) is 5.91 Å². The molecule has 3 rings (SSSR count). The van der Waals surface area contributed by atoms with E-state index >= 15 is 0 Å². The van der Waals surface area contributed by atoms with Crippen molar-refractivity contribution in [1.82, 2.24) is 5.32 Å². The average Bonchev–Trinajstić information content (AvgIpc) is 3.06. The monoisotopic (exact) mass is 305 g/mol. The molecule has 1 aromatic carbocycles. The molecule has 0 aliphatic heterocycles. The van der Waals surface area contributed by atoms with Gasteiger partial charge in [0, 0.05) is 17.3 Å². The largest absolute Gasteiger partial charge is 0.347 e. The Kier molecular flexibility index (Phi) is 4.08. The zero-order valence-electron chi connectivity index (χ0n) is 11.1. The Balaban J connectivity index is 1.63. The Morgan fingerprint density at radius 2 is 2.10 bits per heavy atom. The summed E-state index contributed by atoms with van der Waals surface area (Å²) in [6, 6.07) is 10.0. The summed E-state index contributed by atoms with van der Waals surface area (Å²) in [7, 11) is 0. The minimum Gasteiger partial charge on any atom is -0.347 e. The summed E-state index contributed by atoms with van der Waals surface area (Å²) in [6.07, 6.45) is 3.48. The van der Waals surface area contributed by atoms with E-state index < -0.39 is 0 Å². The smallest absolute Gasteiger partial charge is 0.261 e. The molecule has 1 aromatic heterocycles. The van der Waals surface area contributed by atoms with Crippen LogP contribution in [0.1, 0.15) is 37.7 Å². The van der Waals surface area contributed by atoms with Crippen LogP contribution in [0.4, 0.5) is 0 Å². The van der Waals surface area contributed by atoms with Crippen molar-refractivity contribution in [3.8, 4) is 0 Å². The number of fused-ring (bicyclic) bond motifs is 1. The van der Waals surface area contributed by atoms with Crippen molar-refractivity contribution in [2.75, 3.05) is 0 Å². The van der Waals surface area contributed by atoms with E-state index in [0.29, 0.717) is 12.4 Å². The lowest BCUT2D eigenvalue weighted by atomic mass is 10.1. The quantitative estimate of drug-likeness (QED) is 0.853. The van der Waals surface area contributed by atoms with Crippen LogP contribution in [0.15, 0.2) is 30.3 Å². The van der Waals surface area contributed by atoms with Gasteiger partial charge < -0.3 is 5.32 Å². The molecule has 1 aliphatic rings. The van der Waals surface area contributed by atoms with E-state index in [1.165, 1.54) is 16.9 Å². The van der Waals surface area contributed by atoms with E-state index in [1.807, 2.05) is 24.3 Å². The second-order valence-corrected chi connectivity index (χ2v) is 6.45. The molecule has 1 heterocycles. The van der Waals surface area contributed by atoms with E-state index in [9.17, 15) is 4.79 Å². The molecule has 0 fully saturated rings. The summed E-state index contributed by atoms with van der Waals surface area (Å²) in [5.41, 5.74) is 3.53. The van der Waals surface area contributed by atoms with Crippen LogP contribution in [0.25, 0.3) is 0 Å². The molecular formula is C16H16ClNOS. The first-order valence-electron chi connectivity index (χ1n) is 6.80. The molecule has 0 saturated carbocycles. The molecule has 0 saturated heterocycles. The van der Waals surface area contributed by atoms with Crippen LogP contribution in [-0.2, 0) is 25.3 Å². The minimum absolute atomic E-state index is 0.0284. The topological polar surface area (TPSA) is 29.1 Å². The third-order valence-corrected chi connectivity index (χ3v) is 5.11. The van der Waals surface area contributed by atoms with E-state index in [4.69, 9.17) is 11.6 Å². The zero-order chi connectivity index (χ0) is 13.9.